The van der Waals surface area contributed by atoms with Crippen molar-refractivity contribution in [3.63, 3.8) is 0 Å². The van der Waals surface area contributed by atoms with Gasteiger partial charge in [0.1, 0.15) is 0 Å². The SMILES string of the molecule is CC1=COCCCS1. The number of ether oxygens (including phenoxy) is 1. The van der Waals surface area contributed by atoms with Crippen LogP contribution in [0.4, 0.5) is 0 Å². The van der Waals surface area contributed by atoms with Gasteiger partial charge in [-0.3, -0.25) is 0 Å². The molecule has 0 fully saturated rings. The molecular formula is C6H10OS. The van der Waals surface area contributed by atoms with E-state index in [2.05, 4.69) is 6.92 Å². The predicted molar refractivity (Wildman–Crippen MR) is 36.8 cm³/mol. The summed E-state index contributed by atoms with van der Waals surface area (Å²) in [6.45, 7) is 2.97. The van der Waals surface area contributed by atoms with Gasteiger partial charge in [-0.15, -0.1) is 11.8 Å². The Hall–Kier alpha value is -0.110. The van der Waals surface area contributed by atoms with Crippen LogP contribution in [0, 0.1) is 0 Å². The zero-order chi connectivity index (χ0) is 5.82. The molecule has 1 nitrogen and oxygen atoms in total. The van der Waals surface area contributed by atoms with Crippen LogP contribution in [0.25, 0.3) is 0 Å². The zero-order valence-electron chi connectivity index (χ0n) is 5.02. The van der Waals surface area contributed by atoms with Crippen molar-refractivity contribution in [3.8, 4) is 0 Å². The maximum atomic E-state index is 5.12. The second kappa shape index (κ2) is 3.02. The molecule has 2 heteroatoms. The van der Waals surface area contributed by atoms with E-state index in [4.69, 9.17) is 4.74 Å². The van der Waals surface area contributed by atoms with E-state index in [9.17, 15) is 0 Å². The number of thioether (sulfide) groups is 1. The maximum absolute atomic E-state index is 5.12. The standard InChI is InChI=1S/C6H10OS/c1-6-5-7-3-2-4-8-6/h5H,2-4H2,1H3. The lowest BCUT2D eigenvalue weighted by Gasteiger charge is -1.90. The molecule has 1 aliphatic heterocycles. The van der Waals surface area contributed by atoms with Crippen LogP contribution in [0.1, 0.15) is 13.3 Å². The van der Waals surface area contributed by atoms with E-state index in [1.807, 2.05) is 18.0 Å². The minimum Gasteiger partial charge on any atom is -0.500 e. The number of hydrogen-bond acceptors (Lipinski definition) is 2. The van der Waals surface area contributed by atoms with Crippen LogP contribution >= 0.6 is 11.8 Å². The Balaban J connectivity index is 2.36. The topological polar surface area (TPSA) is 9.23 Å². The monoisotopic (exact) mass is 130 g/mol. The average Bonchev–Trinajstić information content (AvgIpc) is 1.94. The molecule has 0 spiro atoms. The molecular weight excluding hydrogens is 120 g/mol. The first-order chi connectivity index (χ1) is 3.89. The summed E-state index contributed by atoms with van der Waals surface area (Å²) in [6, 6.07) is 0. The molecule has 0 saturated carbocycles. The molecule has 0 bridgehead atoms. The van der Waals surface area contributed by atoms with Gasteiger partial charge in [0.05, 0.1) is 12.9 Å². The Morgan fingerprint density at radius 1 is 1.75 bits per heavy atom. The summed E-state index contributed by atoms with van der Waals surface area (Å²) < 4.78 is 5.12. The first kappa shape index (κ1) is 6.02. The summed E-state index contributed by atoms with van der Waals surface area (Å²) in [5.41, 5.74) is 0. The highest BCUT2D eigenvalue weighted by molar-refractivity contribution is 8.03. The molecule has 1 rings (SSSR count). The highest BCUT2D eigenvalue weighted by Gasteiger charge is 1.96. The number of rotatable bonds is 0. The third kappa shape index (κ3) is 1.78. The second-order valence-corrected chi connectivity index (χ2v) is 3.14. The first-order valence-corrected chi connectivity index (χ1v) is 3.79. The molecule has 0 radical (unpaired) electrons. The second-order valence-electron chi connectivity index (χ2n) is 1.80. The molecule has 0 N–H and O–H groups in total. The van der Waals surface area contributed by atoms with E-state index in [1.54, 1.807) is 0 Å². The van der Waals surface area contributed by atoms with Crippen molar-refractivity contribution in [2.75, 3.05) is 12.4 Å². The lowest BCUT2D eigenvalue weighted by Crippen LogP contribution is -1.84. The van der Waals surface area contributed by atoms with E-state index < -0.39 is 0 Å². The minimum absolute atomic E-state index is 0.893. The maximum Gasteiger partial charge on any atom is 0.0920 e. The quantitative estimate of drug-likeness (QED) is 0.496. The third-order valence-electron chi connectivity index (χ3n) is 0.986. The Labute approximate surface area is 54.1 Å². The Bertz CT molecular complexity index is 98.7. The van der Waals surface area contributed by atoms with E-state index >= 15 is 0 Å². The molecule has 1 heterocycles. The van der Waals surface area contributed by atoms with Gasteiger partial charge in [0.2, 0.25) is 0 Å². The van der Waals surface area contributed by atoms with Crippen LogP contribution in [-0.4, -0.2) is 12.4 Å². The van der Waals surface area contributed by atoms with Crippen molar-refractivity contribution >= 4 is 11.8 Å². The van der Waals surface area contributed by atoms with Gasteiger partial charge in [0, 0.05) is 10.7 Å². The van der Waals surface area contributed by atoms with Crippen molar-refractivity contribution < 1.29 is 4.74 Å². The fourth-order valence-electron chi connectivity index (χ4n) is 0.586. The zero-order valence-corrected chi connectivity index (χ0v) is 5.83. The number of hydrogen-bond donors (Lipinski definition) is 0. The van der Waals surface area contributed by atoms with E-state index in [1.165, 1.54) is 17.1 Å². The van der Waals surface area contributed by atoms with Gasteiger partial charge in [-0.1, -0.05) is 0 Å². The molecule has 0 aliphatic carbocycles. The Morgan fingerprint density at radius 3 is 3.50 bits per heavy atom. The highest BCUT2D eigenvalue weighted by Crippen LogP contribution is 2.18. The minimum atomic E-state index is 0.893. The Morgan fingerprint density at radius 2 is 2.62 bits per heavy atom. The summed E-state index contributed by atoms with van der Waals surface area (Å²) in [5, 5.41) is 0. The predicted octanol–water partition coefficient (Wildman–Crippen LogP) is 2.00. The van der Waals surface area contributed by atoms with Gasteiger partial charge in [0.25, 0.3) is 0 Å². The molecule has 1 aliphatic rings. The molecule has 0 amide bonds. The van der Waals surface area contributed by atoms with Crippen molar-refractivity contribution in [1.29, 1.82) is 0 Å². The van der Waals surface area contributed by atoms with Gasteiger partial charge < -0.3 is 4.74 Å². The summed E-state index contributed by atoms with van der Waals surface area (Å²) in [7, 11) is 0. The van der Waals surface area contributed by atoms with Crippen molar-refractivity contribution in [2.45, 2.75) is 13.3 Å². The van der Waals surface area contributed by atoms with Crippen LogP contribution in [0.2, 0.25) is 0 Å². The van der Waals surface area contributed by atoms with Crippen molar-refractivity contribution in [1.82, 2.24) is 0 Å². The highest BCUT2D eigenvalue weighted by atomic mass is 32.2. The summed E-state index contributed by atoms with van der Waals surface area (Å²) in [4.78, 5) is 1.29. The molecule has 0 aromatic carbocycles. The summed E-state index contributed by atoms with van der Waals surface area (Å²) in [5.74, 6) is 1.21. The van der Waals surface area contributed by atoms with Crippen LogP contribution in [0.5, 0.6) is 0 Å². The van der Waals surface area contributed by atoms with Gasteiger partial charge in [-0.2, -0.15) is 0 Å². The van der Waals surface area contributed by atoms with Gasteiger partial charge in [-0.25, -0.2) is 0 Å². The van der Waals surface area contributed by atoms with Crippen LogP contribution in [0.15, 0.2) is 11.2 Å². The van der Waals surface area contributed by atoms with Crippen LogP contribution < -0.4 is 0 Å². The van der Waals surface area contributed by atoms with Crippen LogP contribution in [-0.2, 0) is 4.74 Å². The van der Waals surface area contributed by atoms with Crippen molar-refractivity contribution in [3.05, 3.63) is 11.2 Å². The lowest BCUT2D eigenvalue weighted by molar-refractivity contribution is 0.252. The normalized spacial score (nSPS) is 20.9. The van der Waals surface area contributed by atoms with E-state index in [0.717, 1.165) is 6.61 Å². The molecule has 0 atom stereocenters. The van der Waals surface area contributed by atoms with Crippen LogP contribution in [0.3, 0.4) is 0 Å². The molecule has 0 saturated heterocycles. The van der Waals surface area contributed by atoms with Crippen molar-refractivity contribution in [2.24, 2.45) is 0 Å². The average molecular weight is 130 g/mol. The van der Waals surface area contributed by atoms with Gasteiger partial charge in [0.15, 0.2) is 0 Å². The fraction of sp³-hybridized carbons (Fsp3) is 0.667. The number of allylic oxidation sites excluding steroid dienone is 1. The molecule has 0 unspecified atom stereocenters. The molecule has 0 aromatic rings. The molecule has 46 valence electrons. The fourth-order valence-corrected chi connectivity index (χ4v) is 1.31. The van der Waals surface area contributed by atoms with E-state index in [-0.39, 0.29) is 0 Å². The largest absolute Gasteiger partial charge is 0.500 e. The summed E-state index contributed by atoms with van der Waals surface area (Å²) in [6.07, 6.45) is 3.02. The Kier molecular flexibility index (Phi) is 2.27. The summed E-state index contributed by atoms with van der Waals surface area (Å²) >= 11 is 1.87. The molecule has 8 heavy (non-hydrogen) atoms. The first-order valence-electron chi connectivity index (χ1n) is 2.81. The van der Waals surface area contributed by atoms with Gasteiger partial charge in [-0.05, 0) is 13.3 Å². The molecule has 0 aromatic heterocycles. The lowest BCUT2D eigenvalue weighted by atomic mass is 10.5. The third-order valence-corrected chi connectivity index (χ3v) is 2.03. The smallest absolute Gasteiger partial charge is 0.0920 e. The van der Waals surface area contributed by atoms with E-state index in [0.29, 0.717) is 0 Å². The van der Waals surface area contributed by atoms with Gasteiger partial charge >= 0.3 is 0 Å².